The number of ether oxygens (including phenoxy) is 3. The van der Waals surface area contributed by atoms with Gasteiger partial charge in [-0.15, -0.1) is 13.2 Å². The van der Waals surface area contributed by atoms with Crippen molar-refractivity contribution in [3.63, 3.8) is 0 Å². The van der Waals surface area contributed by atoms with Gasteiger partial charge in [0.25, 0.3) is 5.91 Å². The number of rotatable bonds is 6. The molecular weight excluding hydrogens is 374 g/mol. The minimum atomic E-state index is -4.82. The Labute approximate surface area is 150 Å². The van der Waals surface area contributed by atoms with Crippen LogP contribution in [0, 0.1) is 5.82 Å². The molecule has 2 aromatic rings. The van der Waals surface area contributed by atoms with E-state index >= 15 is 0 Å². The highest BCUT2D eigenvalue weighted by molar-refractivity contribution is 5.95. The van der Waals surface area contributed by atoms with E-state index in [-0.39, 0.29) is 17.0 Å². The molecule has 0 aliphatic heterocycles. The van der Waals surface area contributed by atoms with Gasteiger partial charge in [-0.05, 0) is 42.5 Å². The van der Waals surface area contributed by atoms with Crippen LogP contribution >= 0.6 is 0 Å². The molecule has 0 bridgehead atoms. The predicted octanol–water partition coefficient (Wildman–Crippen LogP) is 3.53. The third kappa shape index (κ3) is 6.17. The fourth-order valence-corrected chi connectivity index (χ4v) is 1.94. The number of benzene rings is 2. The molecule has 0 saturated heterocycles. The maximum absolute atomic E-state index is 13.5. The van der Waals surface area contributed by atoms with Gasteiger partial charge in [0.15, 0.2) is 18.2 Å². The van der Waals surface area contributed by atoms with Gasteiger partial charge in [-0.2, -0.15) is 0 Å². The average molecular weight is 387 g/mol. The molecule has 144 valence electrons. The van der Waals surface area contributed by atoms with Crippen molar-refractivity contribution in [2.75, 3.05) is 19.0 Å². The Kier molecular flexibility index (Phi) is 6.22. The fraction of sp³-hybridized carbons (Fsp3) is 0.176. The average Bonchev–Trinajstić information content (AvgIpc) is 2.60. The van der Waals surface area contributed by atoms with Crippen molar-refractivity contribution in [1.29, 1.82) is 0 Å². The number of halogens is 4. The highest BCUT2D eigenvalue weighted by Gasteiger charge is 2.30. The lowest BCUT2D eigenvalue weighted by Gasteiger charge is -2.10. The molecular formula is C17H13F4NO5. The number of nitrogens with one attached hydrogen (secondary N) is 1. The van der Waals surface area contributed by atoms with Gasteiger partial charge in [0.1, 0.15) is 5.75 Å². The van der Waals surface area contributed by atoms with Crippen molar-refractivity contribution in [2.45, 2.75) is 6.36 Å². The highest BCUT2D eigenvalue weighted by Crippen LogP contribution is 2.24. The van der Waals surface area contributed by atoms with Crippen LogP contribution in [0.15, 0.2) is 42.5 Å². The predicted molar refractivity (Wildman–Crippen MR) is 85.0 cm³/mol. The van der Waals surface area contributed by atoms with E-state index in [0.29, 0.717) is 0 Å². The molecule has 10 heteroatoms. The van der Waals surface area contributed by atoms with Gasteiger partial charge in [-0.3, -0.25) is 4.79 Å². The van der Waals surface area contributed by atoms with Crippen LogP contribution in [0.25, 0.3) is 0 Å². The number of hydrogen-bond acceptors (Lipinski definition) is 5. The molecule has 0 spiro atoms. The standard InChI is InChI=1S/C17H13F4NO5/c1-25-14-7-2-10(8-13(14)18)16(24)26-9-15(23)22-11-3-5-12(6-4-11)27-17(19,20)21/h2-8H,9H2,1H3,(H,22,23). The number of methoxy groups -OCH3 is 1. The monoisotopic (exact) mass is 387 g/mol. The summed E-state index contributed by atoms with van der Waals surface area (Å²) in [6.07, 6.45) is -4.82. The molecule has 1 amide bonds. The number of carbonyl (C=O) groups is 2. The van der Waals surface area contributed by atoms with E-state index in [1.807, 2.05) is 0 Å². The second-order valence-corrected chi connectivity index (χ2v) is 5.05. The van der Waals surface area contributed by atoms with Crippen molar-refractivity contribution < 1.29 is 41.4 Å². The van der Waals surface area contributed by atoms with Gasteiger partial charge in [0, 0.05) is 5.69 Å². The second kappa shape index (κ2) is 8.39. The Morgan fingerprint density at radius 3 is 2.30 bits per heavy atom. The maximum atomic E-state index is 13.5. The Hall–Kier alpha value is -3.30. The zero-order valence-electron chi connectivity index (χ0n) is 13.8. The number of anilines is 1. The van der Waals surface area contributed by atoms with E-state index in [0.717, 1.165) is 18.2 Å². The SMILES string of the molecule is COc1ccc(C(=O)OCC(=O)Nc2ccc(OC(F)(F)F)cc2)cc1F. The minimum Gasteiger partial charge on any atom is -0.494 e. The molecule has 0 aromatic heterocycles. The van der Waals surface area contributed by atoms with Crippen molar-refractivity contribution >= 4 is 17.6 Å². The smallest absolute Gasteiger partial charge is 0.494 e. The Morgan fingerprint density at radius 2 is 1.74 bits per heavy atom. The topological polar surface area (TPSA) is 73.9 Å². The van der Waals surface area contributed by atoms with Crippen LogP contribution in [0.3, 0.4) is 0 Å². The summed E-state index contributed by atoms with van der Waals surface area (Å²) in [7, 11) is 1.27. The van der Waals surface area contributed by atoms with Gasteiger partial charge < -0.3 is 19.5 Å². The van der Waals surface area contributed by atoms with Gasteiger partial charge in [0.2, 0.25) is 0 Å². The van der Waals surface area contributed by atoms with Crippen molar-refractivity contribution in [3.8, 4) is 11.5 Å². The zero-order chi connectivity index (χ0) is 20.0. The summed E-state index contributed by atoms with van der Waals surface area (Å²) in [5.74, 6) is -2.93. The molecule has 1 N–H and O–H groups in total. The van der Waals surface area contributed by atoms with Crippen molar-refractivity contribution in [1.82, 2.24) is 0 Å². The molecule has 0 heterocycles. The van der Waals surface area contributed by atoms with E-state index in [4.69, 9.17) is 9.47 Å². The number of carbonyl (C=O) groups excluding carboxylic acids is 2. The third-order valence-corrected chi connectivity index (χ3v) is 3.09. The molecule has 27 heavy (non-hydrogen) atoms. The molecule has 0 atom stereocenters. The number of alkyl halides is 3. The second-order valence-electron chi connectivity index (χ2n) is 5.05. The number of hydrogen-bond donors (Lipinski definition) is 1. The van der Waals surface area contributed by atoms with E-state index in [1.54, 1.807) is 0 Å². The first-order valence-corrected chi connectivity index (χ1v) is 7.34. The lowest BCUT2D eigenvalue weighted by molar-refractivity contribution is -0.274. The molecule has 0 radical (unpaired) electrons. The van der Waals surface area contributed by atoms with Crippen LogP contribution in [0.2, 0.25) is 0 Å². The van der Waals surface area contributed by atoms with Crippen molar-refractivity contribution in [3.05, 3.63) is 53.8 Å². The molecule has 0 fully saturated rings. The van der Waals surface area contributed by atoms with Crippen LogP contribution < -0.4 is 14.8 Å². The number of amides is 1. The lowest BCUT2D eigenvalue weighted by Crippen LogP contribution is -2.21. The first-order chi connectivity index (χ1) is 12.7. The van der Waals surface area contributed by atoms with E-state index in [9.17, 15) is 27.2 Å². The van der Waals surface area contributed by atoms with E-state index in [2.05, 4.69) is 10.1 Å². The van der Waals surface area contributed by atoms with Crippen molar-refractivity contribution in [2.24, 2.45) is 0 Å². The van der Waals surface area contributed by atoms with Crippen LogP contribution in [0.1, 0.15) is 10.4 Å². The van der Waals surface area contributed by atoms with Crippen LogP contribution in [0.5, 0.6) is 11.5 Å². The largest absolute Gasteiger partial charge is 0.573 e. The van der Waals surface area contributed by atoms with Gasteiger partial charge in [0.05, 0.1) is 12.7 Å². The Bertz CT molecular complexity index is 821. The summed E-state index contributed by atoms with van der Waals surface area (Å²) in [6, 6.07) is 7.78. The van der Waals surface area contributed by atoms with Gasteiger partial charge in [-0.25, -0.2) is 9.18 Å². The molecule has 0 aliphatic carbocycles. The molecule has 0 saturated carbocycles. The molecule has 6 nitrogen and oxygen atoms in total. The van der Waals surface area contributed by atoms with Crippen LogP contribution in [-0.4, -0.2) is 32.0 Å². The summed E-state index contributed by atoms with van der Waals surface area (Å²) in [5.41, 5.74) is 0.0517. The molecule has 0 unspecified atom stereocenters. The van der Waals surface area contributed by atoms with Gasteiger partial charge >= 0.3 is 12.3 Å². The Morgan fingerprint density at radius 1 is 1.07 bits per heavy atom. The first-order valence-electron chi connectivity index (χ1n) is 7.34. The molecule has 2 aromatic carbocycles. The summed E-state index contributed by atoms with van der Waals surface area (Å²) in [4.78, 5) is 23.5. The summed E-state index contributed by atoms with van der Waals surface area (Å²) >= 11 is 0. The third-order valence-electron chi connectivity index (χ3n) is 3.09. The summed E-state index contributed by atoms with van der Waals surface area (Å²) in [6.45, 7) is -0.673. The Balaban J connectivity index is 1.87. The van der Waals surface area contributed by atoms with Crippen LogP contribution in [0.4, 0.5) is 23.2 Å². The number of esters is 1. The van der Waals surface area contributed by atoms with Gasteiger partial charge in [-0.1, -0.05) is 0 Å². The fourth-order valence-electron chi connectivity index (χ4n) is 1.94. The van der Waals surface area contributed by atoms with E-state index < -0.39 is 36.4 Å². The zero-order valence-corrected chi connectivity index (χ0v) is 13.8. The molecule has 2 rings (SSSR count). The quantitative estimate of drug-likeness (QED) is 0.606. The lowest BCUT2D eigenvalue weighted by atomic mass is 10.2. The summed E-state index contributed by atoms with van der Waals surface area (Å²) < 4.78 is 62.9. The van der Waals surface area contributed by atoms with Crippen LogP contribution in [-0.2, 0) is 9.53 Å². The normalized spacial score (nSPS) is 10.9. The highest BCUT2D eigenvalue weighted by atomic mass is 19.4. The minimum absolute atomic E-state index is 0.0535. The molecule has 0 aliphatic rings. The first kappa shape index (κ1) is 20.0. The summed E-state index contributed by atoms with van der Waals surface area (Å²) in [5, 5.41) is 2.32. The van der Waals surface area contributed by atoms with E-state index in [1.165, 1.54) is 31.4 Å². The maximum Gasteiger partial charge on any atom is 0.573 e.